The van der Waals surface area contributed by atoms with Gasteiger partial charge in [0.25, 0.3) is 5.91 Å². The Morgan fingerprint density at radius 2 is 2.15 bits per heavy atom. The van der Waals surface area contributed by atoms with Gasteiger partial charge in [-0.15, -0.1) is 0 Å². The first-order valence-corrected chi connectivity index (χ1v) is 6.45. The van der Waals surface area contributed by atoms with Crippen molar-refractivity contribution in [1.29, 1.82) is 0 Å². The summed E-state index contributed by atoms with van der Waals surface area (Å²) in [7, 11) is 3.39. The Hall–Kier alpha value is -2.14. The molecule has 1 aromatic carbocycles. The zero-order chi connectivity index (χ0) is 14.5. The molecule has 0 radical (unpaired) electrons. The molecule has 0 unspecified atom stereocenters. The van der Waals surface area contributed by atoms with Gasteiger partial charge in [-0.25, -0.2) is 9.97 Å². The Morgan fingerprint density at radius 3 is 2.80 bits per heavy atom. The Labute approximate surface area is 122 Å². The smallest absolute Gasteiger partial charge is 0.254 e. The van der Waals surface area contributed by atoms with E-state index in [1.54, 1.807) is 32.4 Å². The summed E-state index contributed by atoms with van der Waals surface area (Å²) in [6.07, 6.45) is 3.19. The molecule has 0 aliphatic rings. The average molecular weight is 291 g/mol. The Kier molecular flexibility index (Phi) is 4.53. The van der Waals surface area contributed by atoms with Gasteiger partial charge in [-0.1, -0.05) is 11.6 Å². The fraction of sp³-hybridized carbons (Fsp3) is 0.214. The number of nitrogens with one attached hydrogen (secondary N) is 1. The van der Waals surface area contributed by atoms with Crippen LogP contribution in [0.25, 0.3) is 0 Å². The number of nitrogens with zero attached hydrogens (tertiary/aromatic N) is 3. The zero-order valence-electron chi connectivity index (χ0n) is 11.3. The molecule has 1 N–H and O–H groups in total. The number of hydrogen-bond acceptors (Lipinski definition) is 4. The SMILES string of the molecule is CN(C)C(=O)c1cc(NCc2ccncn2)ccc1Cl. The van der Waals surface area contributed by atoms with Crippen LogP contribution in [0.5, 0.6) is 0 Å². The lowest BCUT2D eigenvalue weighted by molar-refractivity contribution is 0.0828. The molecule has 2 rings (SSSR count). The second kappa shape index (κ2) is 6.34. The first kappa shape index (κ1) is 14.3. The number of halogens is 1. The molecule has 20 heavy (non-hydrogen) atoms. The Morgan fingerprint density at radius 1 is 1.35 bits per heavy atom. The number of aromatic nitrogens is 2. The van der Waals surface area contributed by atoms with Gasteiger partial charge in [0.15, 0.2) is 0 Å². The second-order valence-electron chi connectivity index (χ2n) is 4.45. The molecule has 5 nitrogen and oxygen atoms in total. The van der Waals surface area contributed by atoms with E-state index in [1.165, 1.54) is 11.2 Å². The third-order valence-electron chi connectivity index (χ3n) is 2.72. The van der Waals surface area contributed by atoms with Gasteiger partial charge in [0.05, 0.1) is 22.8 Å². The van der Waals surface area contributed by atoms with Crippen LogP contribution in [0.15, 0.2) is 36.8 Å². The van der Waals surface area contributed by atoms with Crippen LogP contribution in [-0.4, -0.2) is 34.9 Å². The number of hydrogen-bond donors (Lipinski definition) is 1. The zero-order valence-corrected chi connectivity index (χ0v) is 12.1. The predicted octanol–water partition coefficient (Wildman–Crippen LogP) is 2.44. The molecule has 1 amide bonds. The maximum absolute atomic E-state index is 12.0. The molecule has 0 fully saturated rings. The lowest BCUT2D eigenvalue weighted by atomic mass is 10.1. The minimum absolute atomic E-state index is 0.124. The topological polar surface area (TPSA) is 58.1 Å². The fourth-order valence-electron chi connectivity index (χ4n) is 1.66. The van der Waals surface area contributed by atoms with Crippen molar-refractivity contribution in [2.24, 2.45) is 0 Å². The van der Waals surface area contributed by atoms with Crippen molar-refractivity contribution >= 4 is 23.2 Å². The van der Waals surface area contributed by atoms with Crippen molar-refractivity contribution in [3.8, 4) is 0 Å². The van der Waals surface area contributed by atoms with Crippen LogP contribution in [0.1, 0.15) is 16.1 Å². The van der Waals surface area contributed by atoms with Gasteiger partial charge < -0.3 is 10.2 Å². The van der Waals surface area contributed by atoms with Crippen molar-refractivity contribution in [2.45, 2.75) is 6.54 Å². The molecule has 1 aromatic heterocycles. The first-order valence-electron chi connectivity index (χ1n) is 6.08. The summed E-state index contributed by atoms with van der Waals surface area (Å²) in [6, 6.07) is 7.11. The monoisotopic (exact) mass is 290 g/mol. The molecular weight excluding hydrogens is 276 g/mol. The summed E-state index contributed by atoms with van der Waals surface area (Å²) in [5, 5.41) is 3.64. The van der Waals surface area contributed by atoms with E-state index < -0.39 is 0 Å². The molecule has 0 saturated heterocycles. The summed E-state index contributed by atoms with van der Waals surface area (Å²) in [5.74, 6) is -0.124. The molecule has 0 atom stereocenters. The highest BCUT2D eigenvalue weighted by Gasteiger charge is 2.12. The fourth-order valence-corrected chi connectivity index (χ4v) is 1.85. The third kappa shape index (κ3) is 3.45. The lowest BCUT2D eigenvalue weighted by Gasteiger charge is -2.13. The van der Waals surface area contributed by atoms with Gasteiger partial charge in [-0.2, -0.15) is 0 Å². The third-order valence-corrected chi connectivity index (χ3v) is 3.05. The number of carbonyl (C=O) groups excluding carboxylic acids is 1. The van der Waals surface area contributed by atoms with Crippen molar-refractivity contribution in [3.05, 3.63) is 53.1 Å². The van der Waals surface area contributed by atoms with Crippen LogP contribution in [-0.2, 0) is 6.54 Å². The second-order valence-corrected chi connectivity index (χ2v) is 4.86. The first-order chi connectivity index (χ1) is 9.58. The number of amides is 1. The van der Waals surface area contributed by atoms with Crippen molar-refractivity contribution in [1.82, 2.24) is 14.9 Å². The number of anilines is 1. The van der Waals surface area contributed by atoms with Crippen molar-refractivity contribution < 1.29 is 4.79 Å². The van der Waals surface area contributed by atoms with E-state index in [0.29, 0.717) is 17.1 Å². The summed E-state index contributed by atoms with van der Waals surface area (Å²) >= 11 is 6.06. The number of benzene rings is 1. The summed E-state index contributed by atoms with van der Waals surface area (Å²) in [4.78, 5) is 21.5. The molecule has 0 aliphatic carbocycles. The van der Waals surface area contributed by atoms with E-state index in [4.69, 9.17) is 11.6 Å². The van der Waals surface area contributed by atoms with E-state index in [-0.39, 0.29) is 5.91 Å². The van der Waals surface area contributed by atoms with Crippen LogP contribution >= 0.6 is 11.6 Å². The summed E-state index contributed by atoms with van der Waals surface area (Å²) in [6.45, 7) is 0.555. The Balaban J connectivity index is 2.13. The van der Waals surface area contributed by atoms with Crippen molar-refractivity contribution in [2.75, 3.05) is 19.4 Å². The van der Waals surface area contributed by atoms with Gasteiger partial charge in [0.1, 0.15) is 6.33 Å². The normalized spacial score (nSPS) is 10.2. The standard InChI is InChI=1S/C14H15ClN4O/c1-19(2)14(20)12-7-10(3-4-13(12)15)17-8-11-5-6-16-9-18-11/h3-7,9,17H,8H2,1-2H3. The maximum Gasteiger partial charge on any atom is 0.254 e. The largest absolute Gasteiger partial charge is 0.379 e. The number of rotatable bonds is 4. The van der Waals surface area contributed by atoms with Gasteiger partial charge >= 0.3 is 0 Å². The highest BCUT2D eigenvalue weighted by Crippen LogP contribution is 2.22. The quantitative estimate of drug-likeness (QED) is 0.940. The van der Waals surface area contributed by atoms with E-state index >= 15 is 0 Å². The highest BCUT2D eigenvalue weighted by atomic mass is 35.5. The molecule has 2 aromatic rings. The van der Waals surface area contributed by atoms with Crippen LogP contribution in [0.4, 0.5) is 5.69 Å². The average Bonchev–Trinajstić information content (AvgIpc) is 2.46. The van der Waals surface area contributed by atoms with Crippen molar-refractivity contribution in [3.63, 3.8) is 0 Å². The van der Waals surface area contributed by atoms with Gasteiger partial charge in [0.2, 0.25) is 0 Å². The summed E-state index contributed by atoms with van der Waals surface area (Å²) in [5.41, 5.74) is 2.16. The van der Waals surface area contributed by atoms with E-state index in [0.717, 1.165) is 11.4 Å². The highest BCUT2D eigenvalue weighted by molar-refractivity contribution is 6.34. The number of carbonyl (C=O) groups is 1. The van der Waals surface area contributed by atoms with Gasteiger partial charge in [-0.05, 0) is 24.3 Å². The van der Waals surface area contributed by atoms with Gasteiger partial charge in [-0.3, -0.25) is 4.79 Å². The van der Waals surface area contributed by atoms with E-state index in [2.05, 4.69) is 15.3 Å². The van der Waals surface area contributed by atoms with Crippen LogP contribution in [0.2, 0.25) is 5.02 Å². The maximum atomic E-state index is 12.0. The molecule has 0 bridgehead atoms. The molecule has 0 aliphatic heterocycles. The van der Waals surface area contributed by atoms with Gasteiger partial charge in [0, 0.05) is 26.0 Å². The molecule has 6 heteroatoms. The summed E-state index contributed by atoms with van der Waals surface area (Å²) < 4.78 is 0. The van der Waals surface area contributed by atoms with E-state index in [9.17, 15) is 4.79 Å². The molecular formula is C14H15ClN4O. The van der Waals surface area contributed by atoms with Crippen LogP contribution in [0, 0.1) is 0 Å². The van der Waals surface area contributed by atoms with Crippen LogP contribution < -0.4 is 5.32 Å². The van der Waals surface area contributed by atoms with E-state index in [1.807, 2.05) is 12.1 Å². The minimum atomic E-state index is -0.124. The lowest BCUT2D eigenvalue weighted by Crippen LogP contribution is -2.22. The Bertz CT molecular complexity index is 601. The molecule has 0 spiro atoms. The molecule has 104 valence electrons. The van der Waals surface area contributed by atoms with Crippen LogP contribution in [0.3, 0.4) is 0 Å². The minimum Gasteiger partial charge on any atom is -0.379 e. The predicted molar refractivity (Wildman–Crippen MR) is 78.8 cm³/mol. The molecule has 1 heterocycles. The molecule has 0 saturated carbocycles.